The monoisotopic (exact) mass is 357 g/mol. The van der Waals surface area contributed by atoms with E-state index in [2.05, 4.69) is 52.5 Å². The molecule has 0 fully saturated rings. The summed E-state index contributed by atoms with van der Waals surface area (Å²) in [5.41, 5.74) is 7.56. The van der Waals surface area contributed by atoms with Gasteiger partial charge in [-0.25, -0.2) is 0 Å². The van der Waals surface area contributed by atoms with E-state index >= 15 is 0 Å². The number of allylic oxidation sites excluding steroid dienone is 3. The first-order chi connectivity index (χ1) is 11.1. The summed E-state index contributed by atoms with van der Waals surface area (Å²) in [6.07, 6.45) is 19.5. The first-order valence-corrected chi connectivity index (χ1v) is 10.2. The Morgan fingerprint density at radius 1 is 0.833 bits per heavy atom. The molecule has 0 aliphatic heterocycles. The highest BCUT2D eigenvalue weighted by Crippen LogP contribution is 2.43. The Morgan fingerprint density at radius 2 is 1.29 bits per heavy atom. The van der Waals surface area contributed by atoms with Gasteiger partial charge in [0.2, 0.25) is 0 Å². The Bertz CT molecular complexity index is 322. The van der Waals surface area contributed by atoms with E-state index in [0.29, 0.717) is 5.41 Å². The Morgan fingerprint density at radius 3 is 1.67 bits per heavy atom. The van der Waals surface area contributed by atoms with E-state index in [-0.39, 0.29) is 12.4 Å². The van der Waals surface area contributed by atoms with Crippen LogP contribution >= 0.6 is 0 Å². The highest BCUT2D eigenvalue weighted by atomic mass is 35.5. The molecule has 144 valence electrons. The molecule has 0 aromatic rings. The van der Waals surface area contributed by atoms with Gasteiger partial charge in [0, 0.05) is 0 Å². The number of rotatable bonds is 14. The molecule has 0 saturated heterocycles. The second kappa shape index (κ2) is 16.2. The largest absolute Gasteiger partial charge is 1.00 e. The molecule has 0 rings (SSSR count). The lowest BCUT2D eigenvalue weighted by atomic mass is 9.69. The zero-order valence-electron chi connectivity index (χ0n) is 17.2. The van der Waals surface area contributed by atoms with E-state index in [0.717, 1.165) is 6.54 Å². The van der Waals surface area contributed by atoms with Gasteiger partial charge in [-0.05, 0) is 57.4 Å². The van der Waals surface area contributed by atoms with Crippen LogP contribution in [0.15, 0.2) is 23.3 Å². The minimum Gasteiger partial charge on any atom is -1.00 e. The van der Waals surface area contributed by atoms with E-state index in [9.17, 15) is 0 Å². The summed E-state index contributed by atoms with van der Waals surface area (Å²) < 4.78 is 0. The van der Waals surface area contributed by atoms with Crippen molar-refractivity contribution >= 4 is 0 Å². The van der Waals surface area contributed by atoms with Crippen LogP contribution in [-0.4, -0.2) is 6.54 Å². The van der Waals surface area contributed by atoms with Crippen molar-refractivity contribution in [2.45, 2.75) is 105 Å². The lowest BCUT2D eigenvalue weighted by Gasteiger charge is -2.36. The van der Waals surface area contributed by atoms with E-state index in [1.54, 1.807) is 5.57 Å². The molecule has 0 unspecified atom stereocenters. The highest BCUT2D eigenvalue weighted by Gasteiger charge is 2.29. The minimum absolute atomic E-state index is 0. The molecule has 0 aromatic carbocycles. The summed E-state index contributed by atoms with van der Waals surface area (Å²) in [4.78, 5) is 0. The first kappa shape index (κ1) is 26.0. The molecular formula is C22H44ClN. The molecule has 0 amide bonds. The molecule has 0 radical (unpaired) electrons. The molecule has 0 bridgehead atoms. The van der Waals surface area contributed by atoms with Crippen molar-refractivity contribution in [3.63, 3.8) is 0 Å². The fourth-order valence-electron chi connectivity index (χ4n) is 3.59. The van der Waals surface area contributed by atoms with Crippen LogP contribution in [0.25, 0.3) is 0 Å². The Kier molecular flexibility index (Phi) is 17.5. The van der Waals surface area contributed by atoms with Crippen molar-refractivity contribution in [2.75, 3.05) is 6.54 Å². The van der Waals surface area contributed by atoms with E-state index < -0.39 is 0 Å². The zero-order chi connectivity index (χ0) is 17.6. The van der Waals surface area contributed by atoms with Gasteiger partial charge in [-0.15, -0.1) is 0 Å². The van der Waals surface area contributed by atoms with Crippen molar-refractivity contribution in [3.8, 4) is 0 Å². The SMILES string of the molecule is CCCCC(CCCC)(CCCC)/C(C)=C/CC/C(C)=C/C[NH3+].[Cl-]. The standard InChI is InChI=1S/C22H43N.ClH/c1-6-9-16-22(17-10-7-2,18-11-8-3)21(5)14-12-13-20(4)15-19-23;/h14-15H,6-13,16-19,23H2,1-5H3;1H/b20-15+,21-14+;. The Labute approximate surface area is 159 Å². The molecule has 0 saturated carbocycles. The zero-order valence-corrected chi connectivity index (χ0v) is 18.0. The predicted molar refractivity (Wildman–Crippen MR) is 106 cm³/mol. The predicted octanol–water partition coefficient (Wildman–Crippen LogP) is 3.46. The summed E-state index contributed by atoms with van der Waals surface area (Å²) in [5, 5.41) is 0. The van der Waals surface area contributed by atoms with Crippen LogP contribution < -0.4 is 18.1 Å². The maximum absolute atomic E-state index is 3.92. The van der Waals surface area contributed by atoms with Crippen LogP contribution in [0.2, 0.25) is 0 Å². The Hall–Kier alpha value is -0.270. The van der Waals surface area contributed by atoms with Gasteiger partial charge in [-0.1, -0.05) is 76.5 Å². The fraction of sp³-hybridized carbons (Fsp3) is 0.818. The number of hydrogen-bond acceptors (Lipinski definition) is 0. The number of hydrogen-bond donors (Lipinski definition) is 1. The van der Waals surface area contributed by atoms with E-state index in [1.807, 2.05) is 0 Å². The van der Waals surface area contributed by atoms with Gasteiger partial charge >= 0.3 is 0 Å². The fourth-order valence-corrected chi connectivity index (χ4v) is 3.59. The van der Waals surface area contributed by atoms with Crippen LogP contribution in [0.3, 0.4) is 0 Å². The molecule has 0 aromatic heterocycles. The third-order valence-corrected chi connectivity index (χ3v) is 5.35. The number of quaternary nitrogens is 1. The van der Waals surface area contributed by atoms with Crippen LogP contribution in [0.5, 0.6) is 0 Å². The van der Waals surface area contributed by atoms with E-state index in [4.69, 9.17) is 0 Å². The van der Waals surface area contributed by atoms with Crippen LogP contribution in [0, 0.1) is 5.41 Å². The number of unbranched alkanes of at least 4 members (excludes halogenated alkanes) is 3. The smallest absolute Gasteiger partial charge is 0.0929 e. The van der Waals surface area contributed by atoms with Gasteiger partial charge in [-0.2, -0.15) is 0 Å². The van der Waals surface area contributed by atoms with Crippen molar-refractivity contribution in [3.05, 3.63) is 23.3 Å². The van der Waals surface area contributed by atoms with Crippen LogP contribution in [0.4, 0.5) is 0 Å². The molecule has 2 heteroatoms. The summed E-state index contributed by atoms with van der Waals surface area (Å²) in [5.74, 6) is 0. The molecule has 0 aliphatic carbocycles. The van der Waals surface area contributed by atoms with E-state index in [1.165, 1.54) is 76.2 Å². The molecule has 3 N–H and O–H groups in total. The molecular weight excluding hydrogens is 314 g/mol. The summed E-state index contributed by atoms with van der Waals surface area (Å²) in [7, 11) is 0. The second-order valence-electron chi connectivity index (χ2n) is 7.36. The molecule has 0 aliphatic rings. The van der Waals surface area contributed by atoms with Crippen LogP contribution in [-0.2, 0) is 0 Å². The molecule has 1 nitrogen and oxygen atoms in total. The third kappa shape index (κ3) is 10.6. The van der Waals surface area contributed by atoms with Crippen molar-refractivity contribution in [2.24, 2.45) is 5.41 Å². The van der Waals surface area contributed by atoms with Gasteiger partial charge in [0.1, 0.15) is 0 Å². The van der Waals surface area contributed by atoms with Crippen molar-refractivity contribution in [1.82, 2.24) is 0 Å². The van der Waals surface area contributed by atoms with Crippen molar-refractivity contribution in [1.29, 1.82) is 0 Å². The minimum atomic E-state index is 0. The van der Waals surface area contributed by atoms with Crippen LogP contribution in [0.1, 0.15) is 105 Å². The van der Waals surface area contributed by atoms with Gasteiger partial charge in [0.15, 0.2) is 0 Å². The van der Waals surface area contributed by atoms with Gasteiger partial charge in [0.25, 0.3) is 0 Å². The summed E-state index contributed by atoms with van der Waals surface area (Å²) in [6, 6.07) is 0. The molecule has 0 spiro atoms. The summed E-state index contributed by atoms with van der Waals surface area (Å²) >= 11 is 0. The molecule has 0 heterocycles. The first-order valence-electron chi connectivity index (χ1n) is 10.2. The summed E-state index contributed by atoms with van der Waals surface area (Å²) in [6.45, 7) is 12.6. The quantitative estimate of drug-likeness (QED) is 0.461. The molecule has 24 heavy (non-hydrogen) atoms. The lowest BCUT2D eigenvalue weighted by molar-refractivity contribution is -0.352. The van der Waals surface area contributed by atoms with Gasteiger partial charge in [-0.3, -0.25) is 0 Å². The van der Waals surface area contributed by atoms with Crippen molar-refractivity contribution < 1.29 is 18.1 Å². The van der Waals surface area contributed by atoms with Gasteiger partial charge < -0.3 is 18.1 Å². The maximum Gasteiger partial charge on any atom is 0.0929 e. The lowest BCUT2D eigenvalue weighted by Crippen LogP contribution is -3.00. The maximum atomic E-state index is 3.92. The second-order valence-corrected chi connectivity index (χ2v) is 7.36. The van der Waals surface area contributed by atoms with Gasteiger partial charge in [0.05, 0.1) is 6.54 Å². The molecule has 0 atom stereocenters. The topological polar surface area (TPSA) is 27.6 Å². The highest BCUT2D eigenvalue weighted by molar-refractivity contribution is 5.13. The normalized spacial score (nSPS) is 13.1. The average Bonchev–Trinajstić information content (AvgIpc) is 2.54. The Balaban J connectivity index is 0. The average molecular weight is 358 g/mol. The third-order valence-electron chi connectivity index (χ3n) is 5.35. The number of halogens is 1.